The molecule has 186 valence electrons. The Morgan fingerprint density at radius 3 is 2.27 bits per heavy atom. The second kappa shape index (κ2) is 9.02. The van der Waals surface area contributed by atoms with Crippen LogP contribution in [0, 0.1) is 11.3 Å². The standard InChI is InChI=1S/C29H27N5O2S/c1-5-37(35,36)33-23-13-8-19(9-14-23)21-10-15-25-24(16-21)27-26(17-31-25)34(4)32-28(27)20-6-11-22(12-7-20)29(2,3)18-30/h6-17,33H,5H2,1-4H3. The predicted molar refractivity (Wildman–Crippen MR) is 149 cm³/mol. The molecule has 5 aromatic rings. The van der Waals surface area contributed by atoms with Gasteiger partial charge < -0.3 is 0 Å². The summed E-state index contributed by atoms with van der Waals surface area (Å²) in [5.74, 6) is 0.0225. The van der Waals surface area contributed by atoms with Gasteiger partial charge in [0.2, 0.25) is 10.0 Å². The molecule has 0 spiro atoms. The first kappa shape index (κ1) is 24.5. The Hall–Kier alpha value is -4.22. The van der Waals surface area contributed by atoms with Gasteiger partial charge in [-0.3, -0.25) is 14.4 Å². The third kappa shape index (κ3) is 4.54. The first-order valence-electron chi connectivity index (χ1n) is 12.0. The summed E-state index contributed by atoms with van der Waals surface area (Å²) in [5, 5.41) is 16.3. The number of pyridine rings is 1. The van der Waals surface area contributed by atoms with Crippen LogP contribution in [0.2, 0.25) is 0 Å². The van der Waals surface area contributed by atoms with Crippen LogP contribution in [-0.4, -0.2) is 28.9 Å². The monoisotopic (exact) mass is 509 g/mol. The molecule has 2 heterocycles. The highest BCUT2D eigenvalue weighted by Gasteiger charge is 2.21. The molecule has 0 saturated carbocycles. The van der Waals surface area contributed by atoms with Crippen LogP contribution < -0.4 is 4.72 Å². The number of aryl methyl sites for hydroxylation is 1. The van der Waals surface area contributed by atoms with E-state index >= 15 is 0 Å². The van der Waals surface area contributed by atoms with Gasteiger partial charge in [-0.2, -0.15) is 10.4 Å². The van der Waals surface area contributed by atoms with Crippen LogP contribution in [0.25, 0.3) is 44.2 Å². The number of hydrogen-bond acceptors (Lipinski definition) is 5. The van der Waals surface area contributed by atoms with E-state index in [1.807, 2.05) is 80.3 Å². The smallest absolute Gasteiger partial charge is 0.232 e. The third-order valence-electron chi connectivity index (χ3n) is 6.71. The summed E-state index contributed by atoms with van der Waals surface area (Å²) in [7, 11) is -1.42. The molecule has 0 bridgehead atoms. The molecule has 5 rings (SSSR count). The van der Waals surface area contributed by atoms with Crippen LogP contribution >= 0.6 is 0 Å². The van der Waals surface area contributed by atoms with Crippen molar-refractivity contribution in [3.63, 3.8) is 0 Å². The molecule has 8 heteroatoms. The zero-order chi connectivity index (χ0) is 26.4. The van der Waals surface area contributed by atoms with Crippen LogP contribution in [0.5, 0.6) is 0 Å². The minimum absolute atomic E-state index is 0.0225. The molecule has 0 aliphatic rings. The lowest BCUT2D eigenvalue weighted by Gasteiger charge is -2.15. The molecule has 0 aliphatic heterocycles. The summed E-state index contributed by atoms with van der Waals surface area (Å²) in [5.41, 5.74) is 6.49. The van der Waals surface area contributed by atoms with E-state index < -0.39 is 15.4 Å². The molecule has 0 atom stereocenters. The number of aromatic nitrogens is 3. The number of hydrogen-bond donors (Lipinski definition) is 1. The van der Waals surface area contributed by atoms with E-state index in [1.165, 1.54) is 0 Å². The van der Waals surface area contributed by atoms with Gasteiger partial charge in [0.05, 0.1) is 34.5 Å². The molecule has 0 fully saturated rings. The molecule has 1 N–H and O–H groups in total. The van der Waals surface area contributed by atoms with Crippen molar-refractivity contribution in [3.05, 3.63) is 78.5 Å². The summed E-state index contributed by atoms with van der Waals surface area (Å²) in [6.45, 7) is 5.42. The molecular weight excluding hydrogens is 482 g/mol. The zero-order valence-electron chi connectivity index (χ0n) is 21.1. The second-order valence-electron chi connectivity index (χ2n) is 9.62. The Bertz CT molecular complexity index is 1780. The SMILES string of the molecule is CCS(=O)(=O)Nc1ccc(-c2ccc3ncc4c(c(-c5ccc(C(C)(C)C#N)cc5)nn4C)c3c2)cc1. The van der Waals surface area contributed by atoms with Crippen LogP contribution in [0.1, 0.15) is 26.3 Å². The summed E-state index contributed by atoms with van der Waals surface area (Å²) in [6, 6.07) is 23.8. The van der Waals surface area contributed by atoms with Gasteiger partial charge >= 0.3 is 0 Å². The van der Waals surface area contributed by atoms with E-state index in [2.05, 4.69) is 21.8 Å². The fraction of sp³-hybridized carbons (Fsp3) is 0.207. The first-order chi connectivity index (χ1) is 17.6. The molecule has 0 radical (unpaired) electrons. The second-order valence-corrected chi connectivity index (χ2v) is 11.6. The molecule has 3 aromatic carbocycles. The number of nitrogens with zero attached hydrogens (tertiary/aromatic N) is 4. The quantitative estimate of drug-likeness (QED) is 0.302. The van der Waals surface area contributed by atoms with Crippen molar-refractivity contribution in [2.24, 2.45) is 7.05 Å². The maximum absolute atomic E-state index is 11.9. The van der Waals surface area contributed by atoms with E-state index in [0.29, 0.717) is 5.69 Å². The Kier molecular flexibility index (Phi) is 5.97. The van der Waals surface area contributed by atoms with Crippen molar-refractivity contribution in [1.29, 1.82) is 5.26 Å². The van der Waals surface area contributed by atoms with E-state index in [4.69, 9.17) is 5.10 Å². The lowest BCUT2D eigenvalue weighted by Crippen LogP contribution is -2.14. The van der Waals surface area contributed by atoms with Crippen LogP contribution in [0.4, 0.5) is 5.69 Å². The van der Waals surface area contributed by atoms with Crippen molar-refractivity contribution in [2.45, 2.75) is 26.2 Å². The topological polar surface area (TPSA) is 101 Å². The zero-order valence-corrected chi connectivity index (χ0v) is 22.0. The molecule has 37 heavy (non-hydrogen) atoms. The lowest BCUT2D eigenvalue weighted by molar-refractivity contribution is 0.602. The summed E-state index contributed by atoms with van der Waals surface area (Å²) < 4.78 is 28.2. The van der Waals surface area contributed by atoms with Crippen molar-refractivity contribution in [1.82, 2.24) is 14.8 Å². The average Bonchev–Trinajstić information content (AvgIpc) is 3.25. The third-order valence-corrected chi connectivity index (χ3v) is 8.02. The summed E-state index contributed by atoms with van der Waals surface area (Å²) in [4.78, 5) is 4.66. The Labute approximate surface area is 216 Å². The van der Waals surface area contributed by atoms with Crippen LogP contribution in [0.3, 0.4) is 0 Å². The van der Waals surface area contributed by atoms with Gasteiger partial charge in [0.1, 0.15) is 5.69 Å². The predicted octanol–water partition coefficient (Wildman–Crippen LogP) is 6.02. The highest BCUT2D eigenvalue weighted by Crippen LogP contribution is 2.36. The number of benzene rings is 3. The van der Waals surface area contributed by atoms with E-state index in [9.17, 15) is 13.7 Å². The maximum atomic E-state index is 11.9. The van der Waals surface area contributed by atoms with Crippen molar-refractivity contribution in [3.8, 4) is 28.5 Å². The number of sulfonamides is 1. The number of fused-ring (bicyclic) bond motifs is 3. The normalized spacial score (nSPS) is 12.1. The highest BCUT2D eigenvalue weighted by molar-refractivity contribution is 7.92. The van der Waals surface area contributed by atoms with Gasteiger partial charge in [-0.1, -0.05) is 42.5 Å². The highest BCUT2D eigenvalue weighted by atomic mass is 32.2. The van der Waals surface area contributed by atoms with Gasteiger partial charge in [-0.05, 0) is 61.7 Å². The average molecular weight is 510 g/mol. The van der Waals surface area contributed by atoms with Gasteiger partial charge in [0.25, 0.3) is 0 Å². The van der Waals surface area contributed by atoms with E-state index in [-0.39, 0.29) is 5.75 Å². The van der Waals surface area contributed by atoms with Gasteiger partial charge in [-0.25, -0.2) is 8.42 Å². The Morgan fingerprint density at radius 2 is 1.62 bits per heavy atom. The van der Waals surface area contributed by atoms with Crippen LogP contribution in [-0.2, 0) is 22.5 Å². The van der Waals surface area contributed by atoms with Crippen molar-refractivity contribution >= 4 is 37.5 Å². The number of rotatable bonds is 6. The number of anilines is 1. The van der Waals surface area contributed by atoms with E-state index in [1.54, 1.807) is 19.1 Å². The molecular formula is C29H27N5O2S. The lowest BCUT2D eigenvalue weighted by atomic mass is 9.86. The molecule has 7 nitrogen and oxygen atoms in total. The van der Waals surface area contributed by atoms with Crippen molar-refractivity contribution in [2.75, 3.05) is 10.5 Å². The molecule has 0 aliphatic carbocycles. The molecule has 2 aromatic heterocycles. The van der Waals surface area contributed by atoms with Crippen LogP contribution in [0.15, 0.2) is 72.9 Å². The molecule has 0 saturated heterocycles. The summed E-state index contributed by atoms with van der Waals surface area (Å²) >= 11 is 0. The number of nitriles is 1. The van der Waals surface area contributed by atoms with Gasteiger partial charge in [0, 0.05) is 29.1 Å². The molecule has 0 amide bonds. The van der Waals surface area contributed by atoms with Gasteiger partial charge in [-0.15, -0.1) is 0 Å². The Balaban J connectivity index is 1.61. The van der Waals surface area contributed by atoms with Gasteiger partial charge in [0.15, 0.2) is 0 Å². The fourth-order valence-electron chi connectivity index (χ4n) is 4.40. The minimum atomic E-state index is -3.33. The largest absolute Gasteiger partial charge is 0.284 e. The van der Waals surface area contributed by atoms with E-state index in [0.717, 1.165) is 49.8 Å². The van der Waals surface area contributed by atoms with Crippen molar-refractivity contribution < 1.29 is 8.42 Å². The molecule has 0 unspecified atom stereocenters. The maximum Gasteiger partial charge on any atom is 0.232 e. The Morgan fingerprint density at radius 1 is 0.973 bits per heavy atom. The fourth-order valence-corrected chi connectivity index (χ4v) is 5.04. The summed E-state index contributed by atoms with van der Waals surface area (Å²) in [6.07, 6.45) is 1.84. The first-order valence-corrected chi connectivity index (χ1v) is 13.7. The minimum Gasteiger partial charge on any atom is -0.284 e. The number of nitrogens with one attached hydrogen (secondary N) is 1.